The van der Waals surface area contributed by atoms with Crippen molar-refractivity contribution in [3.8, 4) is 28.3 Å². The minimum atomic E-state index is -0.835. The van der Waals surface area contributed by atoms with Crippen LogP contribution >= 0.6 is 11.6 Å². The standard InChI is InChI=1S/C33H35ClFN5O4/c1-6-25(42)38-16-20-11-13-44-31-27-23(14-21(28(31)35)26-22(34)8-7-9-24(26)41)40(30-18(4)10-12-36-29(30)17(2)3)33(43)37-32(27)39(20)15-19(38)5/h6-10,12,14,17,19-20,25,41-42H,1,11,13,15-16H2,2-5H3. The van der Waals surface area contributed by atoms with E-state index in [9.17, 15) is 15.0 Å². The molecule has 2 aromatic carbocycles. The van der Waals surface area contributed by atoms with Gasteiger partial charge in [0.2, 0.25) is 0 Å². The maximum absolute atomic E-state index is 16.7. The summed E-state index contributed by atoms with van der Waals surface area (Å²) in [5.41, 5.74) is 1.92. The van der Waals surface area contributed by atoms with Gasteiger partial charge in [0.15, 0.2) is 11.6 Å². The fourth-order valence-electron chi connectivity index (χ4n) is 6.49. The molecule has 4 heterocycles. The second kappa shape index (κ2) is 11.5. The lowest BCUT2D eigenvalue weighted by atomic mass is 9.97. The van der Waals surface area contributed by atoms with Crippen LogP contribution in [0.15, 0.2) is 54.0 Å². The summed E-state index contributed by atoms with van der Waals surface area (Å²) in [6, 6.07) is 7.64. The van der Waals surface area contributed by atoms with E-state index < -0.39 is 17.7 Å². The van der Waals surface area contributed by atoms with Crippen LogP contribution in [0.25, 0.3) is 27.7 Å². The predicted molar refractivity (Wildman–Crippen MR) is 170 cm³/mol. The van der Waals surface area contributed by atoms with Gasteiger partial charge in [0.25, 0.3) is 0 Å². The first-order valence-electron chi connectivity index (χ1n) is 14.7. The van der Waals surface area contributed by atoms with E-state index >= 15 is 4.39 Å². The number of aromatic hydroxyl groups is 1. The Morgan fingerprint density at radius 3 is 2.73 bits per heavy atom. The summed E-state index contributed by atoms with van der Waals surface area (Å²) in [7, 11) is 0. The second-order valence-electron chi connectivity index (χ2n) is 11.8. The molecule has 2 aromatic heterocycles. The summed E-state index contributed by atoms with van der Waals surface area (Å²) >= 11 is 6.53. The van der Waals surface area contributed by atoms with Gasteiger partial charge in [-0.1, -0.05) is 38.1 Å². The molecule has 0 saturated carbocycles. The normalized spacial score (nSPS) is 19.3. The predicted octanol–water partition coefficient (Wildman–Crippen LogP) is 5.54. The third-order valence-electron chi connectivity index (χ3n) is 8.65. The minimum absolute atomic E-state index is 0.00189. The minimum Gasteiger partial charge on any atom is -0.507 e. The maximum Gasteiger partial charge on any atom is 0.354 e. The van der Waals surface area contributed by atoms with Crippen molar-refractivity contribution in [1.82, 2.24) is 19.4 Å². The van der Waals surface area contributed by atoms with Crippen LogP contribution in [0.2, 0.25) is 5.02 Å². The largest absolute Gasteiger partial charge is 0.507 e. The van der Waals surface area contributed by atoms with E-state index in [0.717, 1.165) is 5.56 Å². The zero-order valence-electron chi connectivity index (χ0n) is 25.1. The Bertz CT molecular complexity index is 1820. The molecule has 3 unspecified atom stereocenters. The number of hydrogen-bond acceptors (Lipinski definition) is 8. The zero-order chi connectivity index (χ0) is 31.4. The summed E-state index contributed by atoms with van der Waals surface area (Å²) in [6.07, 6.45) is 2.84. The van der Waals surface area contributed by atoms with Crippen molar-refractivity contribution in [2.24, 2.45) is 0 Å². The van der Waals surface area contributed by atoms with Gasteiger partial charge in [-0.25, -0.2) is 9.18 Å². The Morgan fingerprint density at radius 2 is 2.02 bits per heavy atom. The van der Waals surface area contributed by atoms with Gasteiger partial charge < -0.3 is 19.8 Å². The number of aromatic nitrogens is 3. The molecule has 9 nitrogen and oxygen atoms in total. The van der Waals surface area contributed by atoms with Crippen molar-refractivity contribution in [3.63, 3.8) is 0 Å². The van der Waals surface area contributed by atoms with Crippen LogP contribution < -0.4 is 15.3 Å². The fourth-order valence-corrected chi connectivity index (χ4v) is 6.76. The van der Waals surface area contributed by atoms with Crippen molar-refractivity contribution < 1.29 is 19.3 Å². The number of phenolic OH excluding ortho intramolecular Hbond substituents is 1. The quantitative estimate of drug-likeness (QED) is 0.281. The van der Waals surface area contributed by atoms with E-state index in [2.05, 4.69) is 16.5 Å². The fraction of sp³-hybridized carbons (Fsp3) is 0.364. The van der Waals surface area contributed by atoms with Crippen molar-refractivity contribution in [2.75, 3.05) is 24.6 Å². The number of aliphatic hydroxyl groups is 1. The Labute approximate surface area is 259 Å². The van der Waals surface area contributed by atoms with Crippen LogP contribution in [0.4, 0.5) is 10.2 Å². The zero-order valence-corrected chi connectivity index (χ0v) is 25.8. The number of piperazine rings is 1. The van der Waals surface area contributed by atoms with E-state index in [0.29, 0.717) is 47.6 Å². The number of rotatable bonds is 5. The maximum atomic E-state index is 16.7. The topological polar surface area (TPSA) is 104 Å². The molecule has 3 atom stereocenters. The highest BCUT2D eigenvalue weighted by atomic mass is 35.5. The van der Waals surface area contributed by atoms with Gasteiger partial charge in [0.05, 0.1) is 33.9 Å². The van der Waals surface area contributed by atoms with Crippen LogP contribution in [0.5, 0.6) is 11.5 Å². The van der Waals surface area contributed by atoms with E-state index in [1.807, 2.05) is 43.6 Å². The number of anilines is 1. The molecule has 0 amide bonds. The monoisotopic (exact) mass is 619 g/mol. The van der Waals surface area contributed by atoms with E-state index in [1.165, 1.54) is 16.7 Å². The summed E-state index contributed by atoms with van der Waals surface area (Å²) in [5.74, 6) is -0.720. The molecule has 2 N–H and O–H groups in total. The number of phenols is 1. The Morgan fingerprint density at radius 1 is 1.25 bits per heavy atom. The van der Waals surface area contributed by atoms with Crippen LogP contribution in [0, 0.1) is 12.7 Å². The molecule has 0 bridgehead atoms. The molecule has 2 aliphatic rings. The van der Waals surface area contributed by atoms with Gasteiger partial charge in [0, 0.05) is 48.9 Å². The third-order valence-corrected chi connectivity index (χ3v) is 8.97. The first kappa shape index (κ1) is 30.1. The number of benzene rings is 2. The first-order chi connectivity index (χ1) is 21.0. The van der Waals surface area contributed by atoms with Crippen LogP contribution in [-0.2, 0) is 0 Å². The smallest absolute Gasteiger partial charge is 0.354 e. The van der Waals surface area contributed by atoms with Crippen molar-refractivity contribution in [2.45, 2.75) is 58.3 Å². The number of fused-ring (bicyclic) bond motifs is 2. The number of nitrogens with zero attached hydrogens (tertiary/aromatic N) is 5. The highest BCUT2D eigenvalue weighted by Gasteiger charge is 2.38. The average molecular weight is 620 g/mol. The lowest BCUT2D eigenvalue weighted by Gasteiger charge is -2.47. The Kier molecular flexibility index (Phi) is 7.85. The molecular formula is C33H35ClFN5O4. The molecule has 4 aromatic rings. The Hall–Kier alpha value is -3.99. The SMILES string of the molecule is C=CC(O)N1CC2CCOc3c(F)c(-c4c(O)cccc4Cl)cc4c3c(nc(=O)n4-c3c(C)ccnc3C(C)C)N2CC1C. The van der Waals surface area contributed by atoms with Gasteiger partial charge in [0.1, 0.15) is 17.8 Å². The van der Waals surface area contributed by atoms with Gasteiger partial charge in [-0.2, -0.15) is 4.98 Å². The van der Waals surface area contributed by atoms with E-state index in [4.69, 9.17) is 16.3 Å². The molecule has 6 rings (SSSR count). The van der Waals surface area contributed by atoms with Gasteiger partial charge in [-0.15, -0.1) is 0 Å². The van der Waals surface area contributed by atoms with Gasteiger partial charge in [-0.05, 0) is 55.7 Å². The Balaban J connectivity index is 1.73. The first-order valence-corrected chi connectivity index (χ1v) is 15.1. The van der Waals surface area contributed by atoms with Crippen LogP contribution in [0.1, 0.15) is 44.4 Å². The third kappa shape index (κ3) is 4.81. The lowest BCUT2D eigenvalue weighted by Crippen LogP contribution is -2.60. The van der Waals surface area contributed by atoms with Crippen molar-refractivity contribution in [1.29, 1.82) is 0 Å². The molecule has 0 radical (unpaired) electrons. The van der Waals surface area contributed by atoms with E-state index in [-0.39, 0.29) is 52.3 Å². The van der Waals surface area contributed by atoms with Gasteiger partial charge in [-0.3, -0.25) is 14.5 Å². The molecule has 44 heavy (non-hydrogen) atoms. The lowest BCUT2D eigenvalue weighted by molar-refractivity contribution is -0.00377. The molecule has 230 valence electrons. The van der Waals surface area contributed by atoms with E-state index in [1.54, 1.807) is 24.4 Å². The molecule has 1 fully saturated rings. The van der Waals surface area contributed by atoms with Crippen LogP contribution in [0.3, 0.4) is 0 Å². The van der Waals surface area contributed by atoms with Crippen LogP contribution in [-0.4, -0.2) is 67.7 Å². The van der Waals surface area contributed by atoms with Crippen molar-refractivity contribution >= 4 is 28.3 Å². The molecule has 2 aliphatic heterocycles. The summed E-state index contributed by atoms with van der Waals surface area (Å²) in [4.78, 5) is 27.4. The molecular weight excluding hydrogens is 585 g/mol. The number of hydrogen-bond donors (Lipinski definition) is 2. The van der Waals surface area contributed by atoms with Gasteiger partial charge >= 0.3 is 5.69 Å². The average Bonchev–Trinajstić information content (AvgIpc) is 2.97. The highest BCUT2D eigenvalue weighted by Crippen LogP contribution is 2.46. The highest BCUT2D eigenvalue weighted by molar-refractivity contribution is 6.33. The summed E-state index contributed by atoms with van der Waals surface area (Å²) in [5, 5.41) is 21.9. The molecule has 0 spiro atoms. The number of aliphatic hydroxyl groups excluding tert-OH is 1. The number of aryl methyl sites for hydroxylation is 1. The summed E-state index contributed by atoms with van der Waals surface area (Å²) < 4.78 is 24.4. The second-order valence-corrected chi connectivity index (χ2v) is 12.2. The number of halogens is 2. The molecule has 11 heteroatoms. The number of pyridine rings is 1. The number of ether oxygens (including phenoxy) is 1. The summed E-state index contributed by atoms with van der Waals surface area (Å²) in [6.45, 7) is 12.7. The molecule has 1 saturated heterocycles. The molecule has 0 aliphatic carbocycles. The van der Waals surface area contributed by atoms with Crippen molar-refractivity contribution in [3.05, 3.63) is 81.8 Å².